The first kappa shape index (κ1) is 13.4. The van der Waals surface area contributed by atoms with Crippen LogP contribution in [0.2, 0.25) is 0 Å². The van der Waals surface area contributed by atoms with Crippen LogP contribution in [0.5, 0.6) is 0 Å². The maximum Gasteiger partial charge on any atom is 0.242 e. The third kappa shape index (κ3) is 4.81. The van der Waals surface area contributed by atoms with Crippen LogP contribution in [0.4, 0.5) is 0 Å². The van der Waals surface area contributed by atoms with Gasteiger partial charge in [-0.05, 0) is 30.5 Å². The molecule has 0 atom stereocenters. The van der Waals surface area contributed by atoms with E-state index in [0.717, 1.165) is 0 Å². The summed E-state index contributed by atoms with van der Waals surface area (Å²) in [5.41, 5.74) is 8.04. The maximum absolute atomic E-state index is 11.7. The molecule has 0 amide bonds. The van der Waals surface area contributed by atoms with Crippen LogP contribution in [-0.2, 0) is 10.0 Å². The molecule has 1 aromatic rings. The molecule has 1 rings (SSSR count). The Hall–Kier alpha value is -1.63. The number of hydrogen-bond acceptors (Lipinski definition) is 4. The number of pyridine rings is 1. The summed E-state index contributed by atoms with van der Waals surface area (Å²) in [7, 11) is -3.47. The number of rotatable bonds is 7. The van der Waals surface area contributed by atoms with E-state index in [4.69, 9.17) is 5.53 Å². The lowest BCUT2D eigenvalue weighted by Gasteiger charge is -2.05. The molecule has 7 nitrogen and oxygen atoms in total. The van der Waals surface area contributed by atoms with Gasteiger partial charge in [0.05, 0.1) is 0 Å². The molecular formula is C9H13N5O2S. The molecule has 0 unspecified atom stereocenters. The van der Waals surface area contributed by atoms with Crippen molar-refractivity contribution in [3.8, 4) is 0 Å². The Bertz CT molecular complexity index is 481. The Morgan fingerprint density at radius 1 is 1.47 bits per heavy atom. The molecule has 0 bridgehead atoms. The quantitative estimate of drug-likeness (QED) is 0.344. The van der Waals surface area contributed by atoms with Crippen molar-refractivity contribution in [1.29, 1.82) is 0 Å². The van der Waals surface area contributed by atoms with E-state index in [2.05, 4.69) is 19.7 Å². The van der Waals surface area contributed by atoms with Crippen LogP contribution >= 0.6 is 0 Å². The second-order valence-electron chi connectivity index (χ2n) is 3.25. The zero-order valence-electron chi connectivity index (χ0n) is 9.15. The van der Waals surface area contributed by atoms with Crippen molar-refractivity contribution >= 4 is 10.0 Å². The molecule has 0 saturated heterocycles. The predicted octanol–water partition coefficient (Wildman–Crippen LogP) is 1.45. The van der Waals surface area contributed by atoms with Crippen LogP contribution in [0, 0.1) is 0 Å². The Kier molecular flexibility index (Phi) is 5.41. The minimum atomic E-state index is -3.47. The zero-order chi connectivity index (χ0) is 12.6. The summed E-state index contributed by atoms with van der Waals surface area (Å²) in [4.78, 5) is 6.50. The molecule has 0 radical (unpaired) electrons. The van der Waals surface area contributed by atoms with Gasteiger partial charge in [-0.2, -0.15) is 0 Å². The number of hydrogen-bond donors (Lipinski definition) is 1. The van der Waals surface area contributed by atoms with Crippen molar-refractivity contribution in [2.75, 3.05) is 13.1 Å². The van der Waals surface area contributed by atoms with Crippen LogP contribution in [0.3, 0.4) is 0 Å². The highest BCUT2D eigenvalue weighted by atomic mass is 32.2. The summed E-state index contributed by atoms with van der Waals surface area (Å²) in [6.45, 7) is 0.698. The van der Waals surface area contributed by atoms with Crippen molar-refractivity contribution in [3.63, 3.8) is 0 Å². The SMILES string of the molecule is [N-]=[N+]=NCCCCNS(=O)(=O)c1cccnc1. The molecule has 1 heterocycles. The van der Waals surface area contributed by atoms with Gasteiger partial charge in [-0.1, -0.05) is 5.11 Å². The lowest BCUT2D eigenvalue weighted by Crippen LogP contribution is -2.24. The molecule has 1 N–H and O–H groups in total. The Morgan fingerprint density at radius 2 is 2.29 bits per heavy atom. The number of nitrogens with one attached hydrogen (secondary N) is 1. The minimum Gasteiger partial charge on any atom is -0.263 e. The van der Waals surface area contributed by atoms with Crippen LogP contribution in [0.15, 0.2) is 34.5 Å². The van der Waals surface area contributed by atoms with E-state index in [1.807, 2.05) is 0 Å². The first-order valence-corrected chi connectivity index (χ1v) is 6.55. The summed E-state index contributed by atoms with van der Waals surface area (Å²) in [6, 6.07) is 3.05. The fourth-order valence-electron chi connectivity index (χ4n) is 1.15. The molecule has 0 aromatic carbocycles. The van der Waals surface area contributed by atoms with Gasteiger partial charge in [0.15, 0.2) is 0 Å². The Balaban J connectivity index is 2.38. The van der Waals surface area contributed by atoms with Gasteiger partial charge in [-0.25, -0.2) is 13.1 Å². The highest BCUT2D eigenvalue weighted by molar-refractivity contribution is 7.89. The van der Waals surface area contributed by atoms with E-state index in [1.54, 1.807) is 6.07 Å². The number of unbranched alkanes of at least 4 members (excludes halogenated alkanes) is 1. The van der Waals surface area contributed by atoms with Crippen molar-refractivity contribution in [2.45, 2.75) is 17.7 Å². The van der Waals surface area contributed by atoms with Crippen molar-refractivity contribution in [1.82, 2.24) is 9.71 Å². The second-order valence-corrected chi connectivity index (χ2v) is 5.02. The molecule has 8 heteroatoms. The molecule has 0 fully saturated rings. The average Bonchev–Trinajstić information content (AvgIpc) is 2.35. The van der Waals surface area contributed by atoms with Crippen LogP contribution in [0.1, 0.15) is 12.8 Å². The van der Waals surface area contributed by atoms with E-state index in [1.165, 1.54) is 18.5 Å². The summed E-state index contributed by atoms with van der Waals surface area (Å²) >= 11 is 0. The van der Waals surface area contributed by atoms with Gasteiger partial charge in [0.25, 0.3) is 0 Å². The van der Waals surface area contributed by atoms with Crippen LogP contribution in [-0.4, -0.2) is 26.5 Å². The Labute approximate surface area is 99.6 Å². The molecule has 92 valence electrons. The molecule has 0 saturated carbocycles. The summed E-state index contributed by atoms with van der Waals surface area (Å²) in [5, 5.41) is 3.36. The van der Waals surface area contributed by atoms with Gasteiger partial charge in [0, 0.05) is 30.4 Å². The van der Waals surface area contributed by atoms with Crippen molar-refractivity contribution in [2.24, 2.45) is 5.11 Å². The number of azide groups is 1. The summed E-state index contributed by atoms with van der Waals surface area (Å²) < 4.78 is 25.8. The van der Waals surface area contributed by atoms with Gasteiger partial charge >= 0.3 is 0 Å². The molecular weight excluding hydrogens is 242 g/mol. The Morgan fingerprint density at radius 3 is 2.94 bits per heavy atom. The smallest absolute Gasteiger partial charge is 0.242 e. The molecule has 1 aromatic heterocycles. The third-order valence-electron chi connectivity index (χ3n) is 1.98. The number of aromatic nitrogens is 1. The normalized spacial score (nSPS) is 10.8. The second kappa shape index (κ2) is 6.85. The van der Waals surface area contributed by atoms with Gasteiger partial charge in [-0.15, -0.1) is 0 Å². The van der Waals surface area contributed by atoms with Gasteiger partial charge in [-0.3, -0.25) is 4.98 Å². The maximum atomic E-state index is 11.7. The van der Waals surface area contributed by atoms with Gasteiger partial charge in [0.1, 0.15) is 4.90 Å². The highest BCUT2D eigenvalue weighted by Crippen LogP contribution is 2.05. The lowest BCUT2D eigenvalue weighted by atomic mass is 10.3. The van der Waals surface area contributed by atoms with Crippen LogP contribution in [0.25, 0.3) is 10.4 Å². The first-order valence-electron chi connectivity index (χ1n) is 5.07. The fourth-order valence-corrected chi connectivity index (χ4v) is 2.19. The summed E-state index contributed by atoms with van der Waals surface area (Å²) in [6.07, 6.45) is 4.08. The third-order valence-corrected chi connectivity index (χ3v) is 3.43. The average molecular weight is 255 g/mol. The van der Waals surface area contributed by atoms with Gasteiger partial charge in [0.2, 0.25) is 10.0 Å². The first-order chi connectivity index (χ1) is 8.17. The standard InChI is InChI=1S/C9H13N5O2S/c10-14-12-6-1-2-7-13-17(15,16)9-4-3-5-11-8-9/h3-5,8,13H,1-2,6-7H2. The molecule has 0 aliphatic heterocycles. The van der Waals surface area contributed by atoms with Gasteiger partial charge < -0.3 is 0 Å². The fraction of sp³-hybridized carbons (Fsp3) is 0.444. The molecule has 0 aliphatic carbocycles. The number of nitrogens with zero attached hydrogens (tertiary/aromatic N) is 4. The number of sulfonamides is 1. The van der Waals surface area contributed by atoms with E-state index in [9.17, 15) is 8.42 Å². The van der Waals surface area contributed by atoms with E-state index < -0.39 is 10.0 Å². The minimum absolute atomic E-state index is 0.148. The lowest BCUT2D eigenvalue weighted by molar-refractivity contribution is 0.576. The van der Waals surface area contributed by atoms with Crippen molar-refractivity contribution in [3.05, 3.63) is 35.0 Å². The largest absolute Gasteiger partial charge is 0.263 e. The molecule has 17 heavy (non-hydrogen) atoms. The van der Waals surface area contributed by atoms with Crippen molar-refractivity contribution < 1.29 is 8.42 Å². The monoisotopic (exact) mass is 255 g/mol. The summed E-state index contributed by atoms with van der Waals surface area (Å²) in [5.74, 6) is 0. The van der Waals surface area contributed by atoms with Crippen LogP contribution < -0.4 is 4.72 Å². The van der Waals surface area contributed by atoms with E-state index in [-0.39, 0.29) is 4.90 Å². The zero-order valence-corrected chi connectivity index (χ0v) is 9.97. The molecule has 0 spiro atoms. The van der Waals surface area contributed by atoms with E-state index in [0.29, 0.717) is 25.9 Å². The predicted molar refractivity (Wildman–Crippen MR) is 62.7 cm³/mol. The van der Waals surface area contributed by atoms with E-state index >= 15 is 0 Å². The highest BCUT2D eigenvalue weighted by Gasteiger charge is 2.12. The molecule has 0 aliphatic rings. The topological polar surface area (TPSA) is 108 Å².